The molecule has 1 atom stereocenters. The standard InChI is InChI=1S/C9H15N3O3S/c1-7-6-12(3-4-15-7)16(13,14)9-5-10-11-8(9)2/h5,7H,3-4,6H2,1-2H3,(H,10,11). The molecule has 1 unspecified atom stereocenters. The number of hydrogen-bond acceptors (Lipinski definition) is 4. The average Bonchev–Trinajstić information content (AvgIpc) is 2.65. The van der Waals surface area contributed by atoms with E-state index in [0.29, 0.717) is 25.4 Å². The Morgan fingerprint density at radius 1 is 1.62 bits per heavy atom. The van der Waals surface area contributed by atoms with Gasteiger partial charge in [0.05, 0.1) is 24.6 Å². The number of rotatable bonds is 2. The van der Waals surface area contributed by atoms with Gasteiger partial charge in [-0.15, -0.1) is 0 Å². The fourth-order valence-electron chi connectivity index (χ4n) is 1.74. The van der Waals surface area contributed by atoms with Crippen LogP contribution in [0.3, 0.4) is 0 Å². The van der Waals surface area contributed by atoms with Crippen LogP contribution in [0, 0.1) is 6.92 Å². The second-order valence-electron chi connectivity index (χ2n) is 3.90. The lowest BCUT2D eigenvalue weighted by Gasteiger charge is -2.30. The monoisotopic (exact) mass is 245 g/mol. The number of aromatic amines is 1. The van der Waals surface area contributed by atoms with Crippen LogP contribution in [0.15, 0.2) is 11.1 Å². The molecule has 6 nitrogen and oxygen atoms in total. The first-order chi connectivity index (χ1) is 7.51. The molecule has 0 spiro atoms. The van der Waals surface area contributed by atoms with Crippen LogP contribution in [0.25, 0.3) is 0 Å². The number of sulfonamides is 1. The quantitative estimate of drug-likeness (QED) is 0.803. The van der Waals surface area contributed by atoms with Gasteiger partial charge in [-0.2, -0.15) is 9.40 Å². The molecule has 0 amide bonds. The predicted octanol–water partition coefficient (Wildman–Crippen LogP) is 0.128. The number of ether oxygens (including phenoxy) is 1. The maximum Gasteiger partial charge on any atom is 0.246 e. The molecular weight excluding hydrogens is 230 g/mol. The van der Waals surface area contributed by atoms with E-state index in [4.69, 9.17) is 4.74 Å². The molecule has 1 saturated heterocycles. The summed E-state index contributed by atoms with van der Waals surface area (Å²) in [4.78, 5) is 0.251. The summed E-state index contributed by atoms with van der Waals surface area (Å²) in [5, 5.41) is 6.38. The molecule has 1 N–H and O–H groups in total. The first-order valence-corrected chi connectivity index (χ1v) is 6.57. The second-order valence-corrected chi connectivity index (χ2v) is 5.81. The molecule has 1 aromatic rings. The molecule has 7 heteroatoms. The predicted molar refractivity (Wildman–Crippen MR) is 57.5 cm³/mol. The third kappa shape index (κ3) is 1.98. The zero-order valence-electron chi connectivity index (χ0n) is 9.30. The van der Waals surface area contributed by atoms with E-state index in [2.05, 4.69) is 10.2 Å². The van der Waals surface area contributed by atoms with E-state index >= 15 is 0 Å². The van der Waals surface area contributed by atoms with Crippen molar-refractivity contribution >= 4 is 10.0 Å². The van der Waals surface area contributed by atoms with Gasteiger partial charge in [0.2, 0.25) is 10.0 Å². The molecule has 2 heterocycles. The third-order valence-corrected chi connectivity index (χ3v) is 4.58. The van der Waals surface area contributed by atoms with E-state index in [9.17, 15) is 8.42 Å². The van der Waals surface area contributed by atoms with Gasteiger partial charge in [0, 0.05) is 13.1 Å². The summed E-state index contributed by atoms with van der Waals surface area (Å²) in [5.41, 5.74) is 0.569. The van der Waals surface area contributed by atoms with Gasteiger partial charge in [-0.1, -0.05) is 0 Å². The zero-order chi connectivity index (χ0) is 11.8. The molecule has 2 rings (SSSR count). The Bertz CT molecular complexity index is 468. The summed E-state index contributed by atoms with van der Waals surface area (Å²) < 4.78 is 31.2. The van der Waals surface area contributed by atoms with Gasteiger partial charge >= 0.3 is 0 Å². The number of hydrogen-bond donors (Lipinski definition) is 1. The Morgan fingerprint density at radius 2 is 2.38 bits per heavy atom. The summed E-state index contributed by atoms with van der Waals surface area (Å²) in [7, 11) is -3.42. The molecule has 1 aromatic heterocycles. The molecule has 0 saturated carbocycles. The minimum atomic E-state index is -3.42. The lowest BCUT2D eigenvalue weighted by molar-refractivity contribution is 0.0102. The van der Waals surface area contributed by atoms with E-state index in [0.717, 1.165) is 0 Å². The van der Waals surface area contributed by atoms with E-state index in [1.165, 1.54) is 10.5 Å². The number of nitrogens with zero attached hydrogens (tertiary/aromatic N) is 2. The van der Waals surface area contributed by atoms with Crippen molar-refractivity contribution in [2.45, 2.75) is 24.8 Å². The molecular formula is C9H15N3O3S. The molecule has 0 bridgehead atoms. The Morgan fingerprint density at radius 3 is 2.94 bits per heavy atom. The van der Waals surface area contributed by atoms with Crippen LogP contribution in [0.1, 0.15) is 12.6 Å². The number of nitrogens with one attached hydrogen (secondary N) is 1. The molecule has 90 valence electrons. The Balaban J connectivity index is 2.29. The first kappa shape index (κ1) is 11.6. The highest BCUT2D eigenvalue weighted by molar-refractivity contribution is 7.89. The number of morpholine rings is 1. The van der Waals surface area contributed by atoms with Gasteiger partial charge in [-0.05, 0) is 13.8 Å². The van der Waals surface area contributed by atoms with Crippen molar-refractivity contribution in [2.24, 2.45) is 0 Å². The topological polar surface area (TPSA) is 75.3 Å². The van der Waals surface area contributed by atoms with Crippen LogP contribution in [0.2, 0.25) is 0 Å². The Kier molecular flexibility index (Phi) is 3.00. The van der Waals surface area contributed by atoms with Crippen LogP contribution in [0.4, 0.5) is 0 Å². The van der Waals surface area contributed by atoms with Crippen molar-refractivity contribution in [3.8, 4) is 0 Å². The molecule has 0 radical (unpaired) electrons. The smallest absolute Gasteiger partial charge is 0.246 e. The summed E-state index contributed by atoms with van der Waals surface area (Å²) in [5.74, 6) is 0. The van der Waals surface area contributed by atoms with Crippen molar-refractivity contribution in [3.63, 3.8) is 0 Å². The average molecular weight is 245 g/mol. The lowest BCUT2D eigenvalue weighted by Crippen LogP contribution is -2.44. The first-order valence-electron chi connectivity index (χ1n) is 5.13. The number of aryl methyl sites for hydroxylation is 1. The number of aromatic nitrogens is 2. The van der Waals surface area contributed by atoms with Crippen molar-refractivity contribution in [1.29, 1.82) is 0 Å². The summed E-state index contributed by atoms with van der Waals surface area (Å²) in [6, 6.07) is 0. The van der Waals surface area contributed by atoms with Crippen molar-refractivity contribution < 1.29 is 13.2 Å². The van der Waals surface area contributed by atoms with Crippen molar-refractivity contribution in [1.82, 2.24) is 14.5 Å². The van der Waals surface area contributed by atoms with Crippen molar-refractivity contribution in [3.05, 3.63) is 11.9 Å². The van der Waals surface area contributed by atoms with Gasteiger partial charge in [-0.3, -0.25) is 5.10 Å². The molecule has 0 aliphatic carbocycles. The summed E-state index contributed by atoms with van der Waals surface area (Å²) >= 11 is 0. The minimum absolute atomic E-state index is 0.0595. The summed E-state index contributed by atoms with van der Waals surface area (Å²) in [6.45, 7) is 4.80. The van der Waals surface area contributed by atoms with Gasteiger partial charge in [-0.25, -0.2) is 8.42 Å². The van der Waals surface area contributed by atoms with Gasteiger partial charge < -0.3 is 4.74 Å². The van der Waals surface area contributed by atoms with Crippen LogP contribution in [0.5, 0.6) is 0 Å². The molecule has 16 heavy (non-hydrogen) atoms. The maximum absolute atomic E-state index is 12.2. The van der Waals surface area contributed by atoms with Gasteiger partial charge in [0.25, 0.3) is 0 Å². The van der Waals surface area contributed by atoms with E-state index < -0.39 is 10.0 Å². The third-order valence-electron chi connectivity index (χ3n) is 2.61. The van der Waals surface area contributed by atoms with E-state index in [1.54, 1.807) is 6.92 Å². The highest BCUT2D eigenvalue weighted by Crippen LogP contribution is 2.19. The zero-order valence-corrected chi connectivity index (χ0v) is 10.1. The van der Waals surface area contributed by atoms with Crippen LogP contribution in [-0.4, -0.2) is 48.7 Å². The Hall–Kier alpha value is -0.920. The van der Waals surface area contributed by atoms with Crippen LogP contribution < -0.4 is 0 Å². The SMILES string of the molecule is Cc1[nH]ncc1S(=O)(=O)N1CCOC(C)C1. The number of H-pyrrole nitrogens is 1. The van der Waals surface area contributed by atoms with E-state index in [-0.39, 0.29) is 11.0 Å². The molecule has 1 aliphatic rings. The molecule has 0 aromatic carbocycles. The summed E-state index contributed by atoms with van der Waals surface area (Å²) in [6.07, 6.45) is 1.29. The Labute approximate surface area is 94.6 Å². The second kappa shape index (κ2) is 4.15. The molecule has 1 fully saturated rings. The van der Waals surface area contributed by atoms with E-state index in [1.807, 2.05) is 6.92 Å². The van der Waals surface area contributed by atoms with Gasteiger partial charge in [0.1, 0.15) is 4.90 Å². The molecule has 1 aliphatic heterocycles. The fraction of sp³-hybridized carbons (Fsp3) is 0.667. The van der Waals surface area contributed by atoms with Crippen LogP contribution in [-0.2, 0) is 14.8 Å². The normalized spacial score (nSPS) is 23.5. The van der Waals surface area contributed by atoms with Gasteiger partial charge in [0.15, 0.2) is 0 Å². The minimum Gasteiger partial charge on any atom is -0.376 e. The van der Waals surface area contributed by atoms with Crippen LogP contribution >= 0.6 is 0 Å². The fourth-order valence-corrected chi connectivity index (χ4v) is 3.36. The van der Waals surface area contributed by atoms with Crippen molar-refractivity contribution in [2.75, 3.05) is 19.7 Å². The highest BCUT2D eigenvalue weighted by atomic mass is 32.2. The lowest BCUT2D eigenvalue weighted by atomic mass is 10.3. The highest BCUT2D eigenvalue weighted by Gasteiger charge is 2.30. The maximum atomic E-state index is 12.2. The largest absolute Gasteiger partial charge is 0.376 e.